The molecule has 0 bridgehead atoms. The Kier molecular flexibility index (Phi) is 4.57. The predicted molar refractivity (Wildman–Crippen MR) is 114 cm³/mol. The molecule has 1 atom stereocenters. The summed E-state index contributed by atoms with van der Waals surface area (Å²) in [6.07, 6.45) is 2.42. The van der Waals surface area contributed by atoms with Crippen LogP contribution in [0.15, 0.2) is 42.7 Å². The lowest BCUT2D eigenvalue weighted by Crippen LogP contribution is -2.51. The Morgan fingerprint density at radius 1 is 1.04 bits per heavy atom. The first kappa shape index (κ1) is 18.0. The molecule has 1 unspecified atom stereocenters. The molecular formula is C20H22N4O2S2. The summed E-state index contributed by atoms with van der Waals surface area (Å²) in [5.74, 6) is 1.64. The maximum absolute atomic E-state index is 11.8. The summed E-state index contributed by atoms with van der Waals surface area (Å²) in [4.78, 5) is 15.9. The number of sulfone groups is 1. The van der Waals surface area contributed by atoms with E-state index < -0.39 is 9.84 Å². The highest BCUT2D eigenvalue weighted by Crippen LogP contribution is 2.36. The third-order valence-corrected chi connectivity index (χ3v) is 8.55. The summed E-state index contributed by atoms with van der Waals surface area (Å²) in [5, 5.41) is 1.10. The van der Waals surface area contributed by atoms with E-state index >= 15 is 0 Å². The van der Waals surface area contributed by atoms with E-state index in [0.29, 0.717) is 11.5 Å². The Morgan fingerprint density at radius 2 is 1.82 bits per heavy atom. The van der Waals surface area contributed by atoms with Crippen LogP contribution in [0.1, 0.15) is 6.42 Å². The lowest BCUT2D eigenvalue weighted by atomic mass is 10.1. The van der Waals surface area contributed by atoms with Crippen LogP contribution in [0.5, 0.6) is 0 Å². The molecule has 28 heavy (non-hydrogen) atoms. The summed E-state index contributed by atoms with van der Waals surface area (Å²) in [6, 6.07) is 12.7. The van der Waals surface area contributed by atoms with Crippen LogP contribution in [0.3, 0.4) is 0 Å². The van der Waals surface area contributed by atoms with E-state index in [2.05, 4.69) is 50.1 Å². The zero-order valence-corrected chi connectivity index (χ0v) is 17.1. The van der Waals surface area contributed by atoms with Crippen molar-refractivity contribution in [1.82, 2.24) is 14.9 Å². The monoisotopic (exact) mass is 414 g/mol. The Morgan fingerprint density at radius 3 is 2.54 bits per heavy atom. The van der Waals surface area contributed by atoms with Crippen molar-refractivity contribution in [2.75, 3.05) is 42.6 Å². The van der Waals surface area contributed by atoms with E-state index in [0.717, 1.165) is 48.6 Å². The minimum Gasteiger partial charge on any atom is -0.353 e. The van der Waals surface area contributed by atoms with E-state index in [1.807, 2.05) is 6.07 Å². The van der Waals surface area contributed by atoms with Crippen molar-refractivity contribution in [3.05, 3.63) is 42.7 Å². The van der Waals surface area contributed by atoms with Crippen molar-refractivity contribution in [2.24, 2.45) is 0 Å². The number of hydrogen-bond donors (Lipinski definition) is 0. The van der Waals surface area contributed by atoms with Crippen LogP contribution in [0.2, 0.25) is 0 Å². The first-order chi connectivity index (χ1) is 13.6. The van der Waals surface area contributed by atoms with Gasteiger partial charge in [-0.25, -0.2) is 18.4 Å². The van der Waals surface area contributed by atoms with Gasteiger partial charge in [-0.3, -0.25) is 4.90 Å². The molecule has 2 aliphatic rings. The molecule has 4 heterocycles. The molecule has 6 nitrogen and oxygen atoms in total. The van der Waals surface area contributed by atoms with E-state index in [-0.39, 0.29) is 6.04 Å². The molecule has 5 rings (SSSR count). The second-order valence-electron chi connectivity index (χ2n) is 7.47. The average molecular weight is 415 g/mol. The zero-order chi connectivity index (χ0) is 19.1. The molecular weight excluding hydrogens is 392 g/mol. The van der Waals surface area contributed by atoms with Gasteiger partial charge in [0.2, 0.25) is 0 Å². The van der Waals surface area contributed by atoms with Crippen molar-refractivity contribution >= 4 is 37.2 Å². The molecule has 2 aromatic heterocycles. The van der Waals surface area contributed by atoms with E-state index in [1.165, 1.54) is 10.4 Å². The molecule has 0 spiro atoms. The van der Waals surface area contributed by atoms with Crippen LogP contribution in [-0.4, -0.2) is 67.0 Å². The van der Waals surface area contributed by atoms with Crippen LogP contribution < -0.4 is 4.90 Å². The van der Waals surface area contributed by atoms with Gasteiger partial charge in [0.15, 0.2) is 9.84 Å². The largest absolute Gasteiger partial charge is 0.353 e. The van der Waals surface area contributed by atoms with Gasteiger partial charge < -0.3 is 4.90 Å². The lowest BCUT2D eigenvalue weighted by Gasteiger charge is -2.38. The fraction of sp³-hybridized carbons (Fsp3) is 0.400. The van der Waals surface area contributed by atoms with E-state index in [9.17, 15) is 8.42 Å². The minimum atomic E-state index is -2.84. The molecule has 2 aliphatic heterocycles. The van der Waals surface area contributed by atoms with Crippen molar-refractivity contribution < 1.29 is 8.42 Å². The standard InChI is InChI=1S/C20H22N4O2S2/c25-28(26)11-6-16(13-28)23-7-9-24(10-8-23)19-17-12-18(15-4-2-1-3-5-15)27-20(17)22-14-21-19/h1-5,12,14,16H,6-11,13H2. The number of benzene rings is 1. The second kappa shape index (κ2) is 7.09. The molecule has 2 saturated heterocycles. The van der Waals surface area contributed by atoms with Gasteiger partial charge in [-0.2, -0.15) is 0 Å². The Bertz CT molecular complexity index is 1090. The Balaban J connectivity index is 1.36. The average Bonchev–Trinajstić information content (AvgIpc) is 3.32. The van der Waals surface area contributed by atoms with Gasteiger partial charge in [0.25, 0.3) is 0 Å². The van der Waals surface area contributed by atoms with Crippen LogP contribution in [-0.2, 0) is 9.84 Å². The third kappa shape index (κ3) is 3.40. The number of piperazine rings is 1. The summed E-state index contributed by atoms with van der Waals surface area (Å²) >= 11 is 1.69. The first-order valence-electron chi connectivity index (χ1n) is 9.58. The highest BCUT2D eigenvalue weighted by Gasteiger charge is 2.34. The molecule has 0 amide bonds. The van der Waals surface area contributed by atoms with E-state index in [4.69, 9.17) is 0 Å². The summed E-state index contributed by atoms with van der Waals surface area (Å²) in [5.41, 5.74) is 1.20. The Hall–Kier alpha value is -2.03. The molecule has 0 N–H and O–H groups in total. The topological polar surface area (TPSA) is 66.4 Å². The first-order valence-corrected chi connectivity index (χ1v) is 12.2. The number of rotatable bonds is 3. The van der Waals surface area contributed by atoms with Crippen LogP contribution in [0, 0.1) is 0 Å². The summed E-state index contributed by atoms with van der Waals surface area (Å²) < 4.78 is 23.6. The van der Waals surface area contributed by atoms with Gasteiger partial charge in [0.1, 0.15) is 17.0 Å². The zero-order valence-electron chi connectivity index (χ0n) is 15.5. The second-order valence-corrected chi connectivity index (χ2v) is 10.7. The van der Waals surface area contributed by atoms with Crippen molar-refractivity contribution in [2.45, 2.75) is 12.5 Å². The molecule has 146 valence electrons. The van der Waals surface area contributed by atoms with Crippen LogP contribution in [0.4, 0.5) is 5.82 Å². The fourth-order valence-corrected chi connectivity index (χ4v) is 6.96. The van der Waals surface area contributed by atoms with Gasteiger partial charge in [-0.15, -0.1) is 11.3 Å². The number of hydrogen-bond acceptors (Lipinski definition) is 7. The normalized spacial score (nSPS) is 22.7. The maximum Gasteiger partial charge on any atom is 0.151 e. The number of anilines is 1. The number of nitrogens with zero attached hydrogens (tertiary/aromatic N) is 4. The number of thiophene rings is 1. The Labute approximate surface area is 168 Å². The highest BCUT2D eigenvalue weighted by molar-refractivity contribution is 7.91. The van der Waals surface area contributed by atoms with E-state index in [1.54, 1.807) is 17.7 Å². The van der Waals surface area contributed by atoms with Gasteiger partial charge >= 0.3 is 0 Å². The van der Waals surface area contributed by atoms with Gasteiger partial charge in [0.05, 0.1) is 16.9 Å². The van der Waals surface area contributed by atoms with Gasteiger partial charge in [-0.1, -0.05) is 30.3 Å². The van der Waals surface area contributed by atoms with Crippen molar-refractivity contribution in [1.29, 1.82) is 0 Å². The number of fused-ring (bicyclic) bond motifs is 1. The molecule has 0 aliphatic carbocycles. The van der Waals surface area contributed by atoms with Gasteiger partial charge in [0, 0.05) is 37.1 Å². The predicted octanol–water partition coefficient (Wildman–Crippen LogP) is 2.67. The molecule has 2 fully saturated rings. The summed E-state index contributed by atoms with van der Waals surface area (Å²) in [7, 11) is -2.84. The summed E-state index contributed by atoms with van der Waals surface area (Å²) in [6.45, 7) is 3.47. The number of aromatic nitrogens is 2. The quantitative estimate of drug-likeness (QED) is 0.657. The van der Waals surface area contributed by atoms with Crippen molar-refractivity contribution in [3.63, 3.8) is 0 Å². The highest BCUT2D eigenvalue weighted by atomic mass is 32.2. The minimum absolute atomic E-state index is 0.184. The van der Waals surface area contributed by atoms with Gasteiger partial charge in [-0.05, 0) is 18.1 Å². The van der Waals surface area contributed by atoms with Crippen LogP contribution >= 0.6 is 11.3 Å². The fourth-order valence-electron chi connectivity index (χ4n) is 4.20. The molecule has 8 heteroatoms. The molecule has 1 aromatic carbocycles. The lowest BCUT2D eigenvalue weighted by molar-refractivity contribution is 0.200. The third-order valence-electron chi connectivity index (χ3n) is 5.71. The molecule has 0 radical (unpaired) electrons. The smallest absolute Gasteiger partial charge is 0.151 e. The molecule has 0 saturated carbocycles. The SMILES string of the molecule is O=S1(=O)CCC(N2CCN(c3ncnc4sc(-c5ccccc5)cc34)CC2)C1. The van der Waals surface area contributed by atoms with Crippen LogP contribution in [0.25, 0.3) is 20.7 Å². The molecule has 3 aromatic rings. The van der Waals surface area contributed by atoms with Crippen molar-refractivity contribution in [3.8, 4) is 10.4 Å². The maximum atomic E-state index is 11.8.